The molecule has 0 spiro atoms. The minimum atomic E-state index is -2.47. The zero-order chi connectivity index (χ0) is 26.6. The molecule has 1 aliphatic carbocycles. The van der Waals surface area contributed by atoms with Crippen LogP contribution in [0.3, 0.4) is 0 Å². The molecule has 5 unspecified atom stereocenters. The molecule has 38 heavy (non-hydrogen) atoms. The van der Waals surface area contributed by atoms with Gasteiger partial charge in [-0.2, -0.15) is 0 Å². The Bertz CT molecular complexity index is 1160. The second kappa shape index (κ2) is 11.7. The van der Waals surface area contributed by atoms with Crippen LogP contribution in [0.15, 0.2) is 91.0 Å². The van der Waals surface area contributed by atoms with E-state index >= 15 is 0 Å². The highest BCUT2D eigenvalue weighted by molar-refractivity contribution is 6.96. The summed E-state index contributed by atoms with van der Waals surface area (Å²) in [5.74, 6) is 0.762. The fraction of sp³-hybridized carbons (Fsp3) is 0.438. The number of rotatable bonds is 12. The standard InChI is InChI=1S/C32H44O3Si3/c1-36(2,34-37(3,29-16-10-6-11-17-29)24-22-27-14-8-5-9-15-27)35-38(4,30-18-12-7-13-19-30)25-23-28-20-21-31-32(26-28)33-31/h5-19,28,31-32H,20-26H2,1-4H3. The fourth-order valence-electron chi connectivity index (χ4n) is 6.45. The molecule has 1 aliphatic heterocycles. The first-order chi connectivity index (χ1) is 18.2. The Morgan fingerprint density at radius 2 is 1.18 bits per heavy atom. The monoisotopic (exact) mass is 560 g/mol. The molecule has 0 aromatic heterocycles. The summed E-state index contributed by atoms with van der Waals surface area (Å²) >= 11 is 0. The van der Waals surface area contributed by atoms with Crippen molar-refractivity contribution in [2.45, 2.75) is 82.6 Å². The van der Waals surface area contributed by atoms with Crippen molar-refractivity contribution in [2.75, 3.05) is 0 Å². The summed E-state index contributed by atoms with van der Waals surface area (Å²) in [4.78, 5) is 0. The maximum Gasteiger partial charge on any atom is 0.311 e. The van der Waals surface area contributed by atoms with Gasteiger partial charge in [-0.3, -0.25) is 0 Å². The third-order valence-corrected chi connectivity index (χ3v) is 21.7. The first kappa shape index (κ1) is 27.7. The number of epoxide rings is 1. The van der Waals surface area contributed by atoms with E-state index < -0.39 is 25.2 Å². The maximum absolute atomic E-state index is 7.37. The average molecular weight is 561 g/mol. The molecule has 0 amide bonds. The highest BCUT2D eigenvalue weighted by atomic mass is 28.5. The van der Waals surface area contributed by atoms with Crippen LogP contribution in [0.25, 0.3) is 0 Å². The van der Waals surface area contributed by atoms with E-state index in [2.05, 4.69) is 117 Å². The third-order valence-electron chi connectivity index (χ3n) is 8.59. The molecular formula is C32H44O3Si3. The fourth-order valence-corrected chi connectivity index (χ4v) is 21.5. The Hall–Kier alpha value is -1.81. The lowest BCUT2D eigenvalue weighted by Gasteiger charge is -2.42. The van der Waals surface area contributed by atoms with Crippen LogP contribution in [0.5, 0.6) is 0 Å². The Kier molecular flexibility index (Phi) is 8.57. The van der Waals surface area contributed by atoms with E-state index in [1.165, 1.54) is 41.6 Å². The SMILES string of the molecule is C[Si](C)(O[Si](C)(CCc1ccccc1)c1ccccc1)O[Si](C)(CCC1CCC2OC2C1)c1ccccc1. The van der Waals surface area contributed by atoms with Gasteiger partial charge in [0.1, 0.15) is 0 Å². The van der Waals surface area contributed by atoms with Crippen LogP contribution in [0.1, 0.15) is 31.2 Å². The number of hydrogen-bond acceptors (Lipinski definition) is 3. The molecule has 1 heterocycles. The lowest BCUT2D eigenvalue weighted by Crippen LogP contribution is -2.61. The van der Waals surface area contributed by atoms with Crippen LogP contribution < -0.4 is 10.4 Å². The van der Waals surface area contributed by atoms with Gasteiger partial charge >= 0.3 is 8.56 Å². The molecule has 0 N–H and O–H groups in total. The zero-order valence-electron chi connectivity index (χ0n) is 23.6. The van der Waals surface area contributed by atoms with Crippen LogP contribution in [-0.2, 0) is 19.4 Å². The summed E-state index contributed by atoms with van der Waals surface area (Å²) in [6, 6.07) is 35.0. The van der Waals surface area contributed by atoms with Gasteiger partial charge in [0, 0.05) is 0 Å². The molecule has 6 heteroatoms. The molecule has 1 saturated heterocycles. The Morgan fingerprint density at radius 3 is 1.74 bits per heavy atom. The zero-order valence-corrected chi connectivity index (χ0v) is 26.6. The molecule has 3 nitrogen and oxygen atoms in total. The molecule has 1 saturated carbocycles. The van der Waals surface area contributed by atoms with Crippen molar-refractivity contribution in [3.8, 4) is 0 Å². The van der Waals surface area contributed by atoms with Crippen molar-refractivity contribution in [3.63, 3.8) is 0 Å². The van der Waals surface area contributed by atoms with E-state index in [1.54, 1.807) is 0 Å². The van der Waals surface area contributed by atoms with Gasteiger partial charge in [0.2, 0.25) is 16.6 Å². The second-order valence-corrected chi connectivity index (χ2v) is 23.7. The molecule has 0 bridgehead atoms. The van der Waals surface area contributed by atoms with Gasteiger partial charge in [-0.05, 0) is 85.8 Å². The molecule has 5 atom stereocenters. The van der Waals surface area contributed by atoms with Crippen molar-refractivity contribution in [1.82, 2.24) is 0 Å². The summed E-state index contributed by atoms with van der Waals surface area (Å²) < 4.78 is 20.5. The third kappa shape index (κ3) is 7.03. The van der Waals surface area contributed by atoms with Gasteiger partial charge < -0.3 is 13.0 Å². The van der Waals surface area contributed by atoms with E-state index in [4.69, 9.17) is 13.0 Å². The van der Waals surface area contributed by atoms with Crippen molar-refractivity contribution in [2.24, 2.45) is 5.92 Å². The summed E-state index contributed by atoms with van der Waals surface area (Å²) in [5, 5.41) is 2.76. The van der Waals surface area contributed by atoms with Gasteiger partial charge in [0.15, 0.2) is 0 Å². The quantitative estimate of drug-likeness (QED) is 0.179. The van der Waals surface area contributed by atoms with Gasteiger partial charge in [0.25, 0.3) is 0 Å². The normalized spacial score (nSPS) is 24.2. The minimum Gasteiger partial charge on any atom is -0.432 e. The molecule has 5 rings (SSSR count). The van der Waals surface area contributed by atoms with E-state index in [1.807, 2.05) is 0 Å². The first-order valence-corrected chi connectivity index (χ1v) is 22.5. The highest BCUT2D eigenvalue weighted by Crippen LogP contribution is 2.42. The van der Waals surface area contributed by atoms with Crippen molar-refractivity contribution < 1.29 is 13.0 Å². The van der Waals surface area contributed by atoms with Gasteiger partial charge in [-0.1, -0.05) is 97.4 Å². The van der Waals surface area contributed by atoms with Crippen LogP contribution in [0.4, 0.5) is 0 Å². The minimum absolute atomic E-state index is 0.538. The number of ether oxygens (including phenoxy) is 1. The van der Waals surface area contributed by atoms with E-state index in [0.717, 1.165) is 24.4 Å². The van der Waals surface area contributed by atoms with Crippen molar-refractivity contribution >= 4 is 35.6 Å². The smallest absolute Gasteiger partial charge is 0.311 e. The summed E-state index contributed by atoms with van der Waals surface area (Å²) in [5.41, 5.74) is 1.38. The number of aryl methyl sites for hydroxylation is 1. The van der Waals surface area contributed by atoms with Gasteiger partial charge in [-0.25, -0.2) is 0 Å². The van der Waals surface area contributed by atoms with Gasteiger partial charge in [-0.15, -0.1) is 0 Å². The van der Waals surface area contributed by atoms with E-state index in [0.29, 0.717) is 12.2 Å². The number of fused-ring (bicyclic) bond motifs is 1. The highest BCUT2D eigenvalue weighted by Gasteiger charge is 2.47. The average Bonchev–Trinajstić information content (AvgIpc) is 3.71. The maximum atomic E-state index is 7.37. The Labute approximate surface area is 233 Å². The van der Waals surface area contributed by atoms with Crippen LogP contribution in [0, 0.1) is 5.92 Å². The second-order valence-electron chi connectivity index (χ2n) is 12.2. The van der Waals surface area contributed by atoms with Crippen LogP contribution in [0.2, 0.25) is 38.3 Å². The van der Waals surface area contributed by atoms with Crippen LogP contribution in [-0.4, -0.2) is 37.4 Å². The molecule has 0 radical (unpaired) electrons. The topological polar surface area (TPSA) is 31.0 Å². The molecule has 202 valence electrons. The number of benzene rings is 3. The van der Waals surface area contributed by atoms with Gasteiger partial charge in [0.05, 0.1) is 12.2 Å². The van der Waals surface area contributed by atoms with Crippen LogP contribution >= 0.6 is 0 Å². The molecule has 2 aliphatic rings. The lowest BCUT2D eigenvalue weighted by molar-refractivity contribution is 0.351. The Morgan fingerprint density at radius 1 is 0.658 bits per heavy atom. The number of hydrogen-bond donors (Lipinski definition) is 0. The lowest BCUT2D eigenvalue weighted by atomic mass is 9.88. The largest absolute Gasteiger partial charge is 0.432 e. The molecule has 3 aromatic carbocycles. The molecule has 2 fully saturated rings. The summed E-state index contributed by atoms with van der Waals surface area (Å²) in [6.07, 6.45) is 7.15. The van der Waals surface area contributed by atoms with E-state index in [9.17, 15) is 0 Å². The van der Waals surface area contributed by atoms with Crippen molar-refractivity contribution in [3.05, 3.63) is 96.6 Å². The first-order valence-electron chi connectivity index (χ1n) is 14.5. The van der Waals surface area contributed by atoms with E-state index in [-0.39, 0.29) is 0 Å². The molecular weight excluding hydrogens is 517 g/mol. The predicted octanol–water partition coefficient (Wildman–Crippen LogP) is 6.89. The predicted molar refractivity (Wildman–Crippen MR) is 165 cm³/mol. The molecule has 3 aromatic rings. The Balaban J connectivity index is 1.35. The van der Waals surface area contributed by atoms with Crippen molar-refractivity contribution in [1.29, 1.82) is 0 Å². The summed E-state index contributed by atoms with van der Waals surface area (Å²) in [6.45, 7) is 9.42. The summed E-state index contributed by atoms with van der Waals surface area (Å²) in [7, 11) is -6.95.